The van der Waals surface area contributed by atoms with Crippen molar-refractivity contribution in [2.24, 2.45) is 11.5 Å². The highest BCUT2D eigenvalue weighted by Crippen LogP contribution is 1.89. The van der Waals surface area contributed by atoms with E-state index in [1.807, 2.05) is 0 Å². The number of carbonyl (C=O) groups excluding carboxylic acids is 1. The summed E-state index contributed by atoms with van der Waals surface area (Å²) >= 11 is 0. The highest BCUT2D eigenvalue weighted by molar-refractivity contribution is 5.74. The number of amides is 2. The molecule has 4 heteroatoms. The van der Waals surface area contributed by atoms with Crippen LogP contribution < -0.4 is 16.8 Å². The molecular formula is C7H11N3O. The molecule has 0 bridgehead atoms. The molecule has 0 aliphatic rings. The van der Waals surface area contributed by atoms with E-state index in [0.717, 1.165) is 0 Å². The van der Waals surface area contributed by atoms with E-state index in [4.69, 9.17) is 11.5 Å². The van der Waals surface area contributed by atoms with E-state index >= 15 is 0 Å². The molecule has 4 nitrogen and oxygen atoms in total. The maximum Gasteiger partial charge on any atom is 0.316 e. The summed E-state index contributed by atoms with van der Waals surface area (Å²) in [5.74, 6) is 0. The molecule has 11 heavy (non-hydrogen) atoms. The molecule has 0 fully saturated rings. The molecule has 60 valence electrons. The largest absolute Gasteiger partial charge is 0.405 e. The summed E-state index contributed by atoms with van der Waals surface area (Å²) in [7, 11) is 0. The Kier molecular flexibility index (Phi) is 4.31. The minimum Gasteiger partial charge on any atom is -0.405 e. The standard InChI is InChI=1S/C7H11N3O/c1-2-6(4-3-5-8)10-7(9)11/h2-5H,1,8H2,(H3,9,10,11)/b5-3-,6-4+. The molecular weight excluding hydrogens is 142 g/mol. The van der Waals surface area contributed by atoms with Gasteiger partial charge in [0.2, 0.25) is 0 Å². The van der Waals surface area contributed by atoms with Crippen LogP contribution >= 0.6 is 0 Å². The lowest BCUT2D eigenvalue weighted by atomic mass is 10.4. The predicted octanol–water partition coefficient (Wildman–Crippen LogP) is 0.197. The SMILES string of the molecule is C=C/C(=C\C=C/N)NC(N)=O. The molecule has 0 heterocycles. The van der Waals surface area contributed by atoms with E-state index in [2.05, 4.69) is 11.9 Å². The molecule has 0 aliphatic heterocycles. The maximum absolute atomic E-state index is 10.3. The van der Waals surface area contributed by atoms with Crippen LogP contribution in [-0.4, -0.2) is 6.03 Å². The van der Waals surface area contributed by atoms with E-state index < -0.39 is 6.03 Å². The number of rotatable bonds is 3. The second-order valence-corrected chi connectivity index (χ2v) is 1.70. The lowest BCUT2D eigenvalue weighted by Gasteiger charge is -1.98. The van der Waals surface area contributed by atoms with E-state index in [9.17, 15) is 4.79 Å². The Morgan fingerprint density at radius 1 is 1.55 bits per heavy atom. The summed E-state index contributed by atoms with van der Waals surface area (Å²) in [6.07, 6.45) is 5.95. The molecule has 0 radical (unpaired) electrons. The molecule has 0 saturated carbocycles. The van der Waals surface area contributed by atoms with Gasteiger partial charge in [0.1, 0.15) is 0 Å². The average molecular weight is 153 g/mol. The zero-order valence-electron chi connectivity index (χ0n) is 6.08. The van der Waals surface area contributed by atoms with Gasteiger partial charge in [0.05, 0.1) is 0 Å². The number of primary amides is 1. The number of nitrogens with one attached hydrogen (secondary N) is 1. The highest BCUT2D eigenvalue weighted by Gasteiger charge is 1.91. The van der Waals surface area contributed by atoms with Crippen LogP contribution in [0.15, 0.2) is 36.7 Å². The lowest BCUT2D eigenvalue weighted by Crippen LogP contribution is -2.27. The fourth-order valence-corrected chi connectivity index (χ4v) is 0.462. The summed E-state index contributed by atoms with van der Waals surface area (Å²) in [6, 6.07) is -0.624. The second-order valence-electron chi connectivity index (χ2n) is 1.70. The number of urea groups is 1. The van der Waals surface area contributed by atoms with E-state index in [-0.39, 0.29) is 0 Å². The third kappa shape index (κ3) is 4.77. The minimum atomic E-state index is -0.624. The summed E-state index contributed by atoms with van der Waals surface area (Å²) in [5, 5.41) is 2.34. The minimum absolute atomic E-state index is 0.513. The van der Waals surface area contributed by atoms with Crippen molar-refractivity contribution in [3.05, 3.63) is 36.7 Å². The second kappa shape index (κ2) is 5.10. The number of hydrogen-bond acceptors (Lipinski definition) is 2. The number of nitrogens with two attached hydrogens (primary N) is 2. The van der Waals surface area contributed by atoms with E-state index in [1.54, 1.807) is 12.2 Å². The van der Waals surface area contributed by atoms with Crippen LogP contribution in [0, 0.1) is 0 Å². The van der Waals surface area contributed by atoms with Crippen LogP contribution in [0.2, 0.25) is 0 Å². The first-order chi connectivity index (χ1) is 5.20. The Morgan fingerprint density at radius 2 is 2.18 bits per heavy atom. The van der Waals surface area contributed by atoms with E-state index in [0.29, 0.717) is 5.70 Å². The van der Waals surface area contributed by atoms with Crippen molar-refractivity contribution in [1.29, 1.82) is 0 Å². The Hall–Kier alpha value is -1.71. The lowest BCUT2D eigenvalue weighted by molar-refractivity contribution is 0.251. The third-order valence-corrected chi connectivity index (χ3v) is 0.874. The van der Waals surface area contributed by atoms with Gasteiger partial charge in [-0.1, -0.05) is 6.58 Å². The zero-order valence-corrected chi connectivity index (χ0v) is 6.08. The smallest absolute Gasteiger partial charge is 0.316 e. The molecule has 0 aromatic heterocycles. The van der Waals surface area contributed by atoms with Gasteiger partial charge in [0.15, 0.2) is 0 Å². The van der Waals surface area contributed by atoms with Crippen molar-refractivity contribution in [2.75, 3.05) is 0 Å². The van der Waals surface area contributed by atoms with Crippen LogP contribution in [0.25, 0.3) is 0 Å². The van der Waals surface area contributed by atoms with Gasteiger partial charge < -0.3 is 16.8 Å². The van der Waals surface area contributed by atoms with Crippen molar-refractivity contribution >= 4 is 6.03 Å². The molecule has 0 atom stereocenters. The fraction of sp³-hybridized carbons (Fsp3) is 0. The Balaban J connectivity index is 4.15. The number of hydrogen-bond donors (Lipinski definition) is 3. The maximum atomic E-state index is 10.3. The van der Waals surface area contributed by atoms with Crippen LogP contribution in [0.1, 0.15) is 0 Å². The molecule has 0 aliphatic carbocycles. The van der Waals surface area contributed by atoms with Crippen molar-refractivity contribution in [3.8, 4) is 0 Å². The topological polar surface area (TPSA) is 81.1 Å². The van der Waals surface area contributed by atoms with Gasteiger partial charge in [0, 0.05) is 5.70 Å². The van der Waals surface area contributed by atoms with Gasteiger partial charge in [-0.3, -0.25) is 0 Å². The molecule has 0 saturated heterocycles. The summed E-state index contributed by atoms with van der Waals surface area (Å²) in [4.78, 5) is 10.3. The monoisotopic (exact) mass is 153 g/mol. The van der Waals surface area contributed by atoms with Crippen molar-refractivity contribution in [1.82, 2.24) is 5.32 Å². The van der Waals surface area contributed by atoms with Crippen molar-refractivity contribution in [2.45, 2.75) is 0 Å². The Morgan fingerprint density at radius 3 is 2.55 bits per heavy atom. The van der Waals surface area contributed by atoms with Crippen LogP contribution in [0.5, 0.6) is 0 Å². The Bertz CT molecular complexity index is 206. The van der Waals surface area contributed by atoms with Crippen molar-refractivity contribution < 1.29 is 4.79 Å². The Labute approximate surface area is 65.3 Å². The van der Waals surface area contributed by atoms with Gasteiger partial charge >= 0.3 is 6.03 Å². The number of allylic oxidation sites excluding steroid dienone is 3. The summed E-state index contributed by atoms with van der Waals surface area (Å²) in [6.45, 7) is 3.45. The molecule has 0 spiro atoms. The van der Waals surface area contributed by atoms with Gasteiger partial charge in [-0.25, -0.2) is 4.79 Å². The van der Waals surface area contributed by atoms with Gasteiger partial charge in [0.25, 0.3) is 0 Å². The molecule has 0 unspecified atom stereocenters. The molecule has 0 aromatic carbocycles. The van der Waals surface area contributed by atoms with Gasteiger partial charge in [-0.15, -0.1) is 0 Å². The van der Waals surface area contributed by atoms with Crippen LogP contribution in [-0.2, 0) is 0 Å². The van der Waals surface area contributed by atoms with E-state index in [1.165, 1.54) is 12.3 Å². The molecule has 2 amide bonds. The summed E-state index contributed by atoms with van der Waals surface area (Å²) < 4.78 is 0. The normalized spacial score (nSPS) is 11.5. The fourth-order valence-electron chi connectivity index (χ4n) is 0.462. The van der Waals surface area contributed by atoms with Gasteiger partial charge in [-0.2, -0.15) is 0 Å². The van der Waals surface area contributed by atoms with Gasteiger partial charge in [-0.05, 0) is 24.4 Å². The molecule has 5 N–H and O–H groups in total. The summed E-state index contributed by atoms with van der Waals surface area (Å²) in [5.41, 5.74) is 10.4. The first kappa shape index (κ1) is 9.29. The number of carbonyl (C=O) groups is 1. The molecule has 0 rings (SSSR count). The quantitative estimate of drug-likeness (QED) is 0.506. The predicted molar refractivity (Wildman–Crippen MR) is 44.3 cm³/mol. The average Bonchev–Trinajstić information content (AvgIpc) is 1.97. The van der Waals surface area contributed by atoms with Crippen molar-refractivity contribution in [3.63, 3.8) is 0 Å². The molecule has 0 aromatic rings. The zero-order chi connectivity index (χ0) is 8.69. The first-order valence-corrected chi connectivity index (χ1v) is 2.98. The third-order valence-electron chi connectivity index (χ3n) is 0.874. The van der Waals surface area contributed by atoms with Crippen LogP contribution in [0.3, 0.4) is 0 Å². The highest BCUT2D eigenvalue weighted by atomic mass is 16.2. The van der Waals surface area contributed by atoms with Crippen LogP contribution in [0.4, 0.5) is 4.79 Å². The first-order valence-electron chi connectivity index (χ1n) is 2.98.